The largest absolute Gasteiger partial charge is 0.361 e. The second-order valence-electron chi connectivity index (χ2n) is 10.1. The third-order valence-electron chi connectivity index (χ3n) is 7.27. The van der Waals surface area contributed by atoms with Crippen LogP contribution in [0.4, 0.5) is 10.3 Å². The second-order valence-corrected chi connectivity index (χ2v) is 11.9. The van der Waals surface area contributed by atoms with Crippen molar-refractivity contribution in [1.82, 2.24) is 30.4 Å². The van der Waals surface area contributed by atoms with E-state index in [0.717, 1.165) is 27.9 Å². The summed E-state index contributed by atoms with van der Waals surface area (Å²) in [6, 6.07) is 16.4. The molecule has 1 fully saturated rings. The number of fused-ring (bicyclic) bond motifs is 2. The molecule has 0 atom stereocenters. The molecule has 12 heteroatoms. The minimum Gasteiger partial charge on any atom is -0.361 e. The number of rotatable bonds is 7. The molecule has 0 radical (unpaired) electrons. The average molecular weight is 615 g/mol. The monoisotopic (exact) mass is 614 g/mol. The summed E-state index contributed by atoms with van der Waals surface area (Å²) >= 11 is 2.80. The Labute approximate surface area is 257 Å². The molecule has 0 bridgehead atoms. The highest BCUT2D eigenvalue weighted by molar-refractivity contribution is 7.15. The SMILES string of the molecule is CCc1c[nH]c2ccccc12.O=C(Cc1c[nH]c2ccccc12)Nc1nnc(C2CCCCC2)s1.O=CNc1nncs1. The third kappa shape index (κ3) is 8.11. The second kappa shape index (κ2) is 15.2. The lowest BCUT2D eigenvalue weighted by molar-refractivity contribution is -0.115. The topological polar surface area (TPSA) is 141 Å². The van der Waals surface area contributed by atoms with Gasteiger partial charge in [-0.15, -0.1) is 20.4 Å². The first-order chi connectivity index (χ1) is 21.1. The summed E-state index contributed by atoms with van der Waals surface area (Å²) in [5, 5.41) is 25.4. The van der Waals surface area contributed by atoms with Crippen LogP contribution in [0.3, 0.4) is 0 Å². The zero-order valence-corrected chi connectivity index (χ0v) is 25.5. The molecule has 43 heavy (non-hydrogen) atoms. The molecule has 10 nitrogen and oxygen atoms in total. The Morgan fingerprint density at radius 3 is 2.23 bits per heavy atom. The Bertz CT molecular complexity index is 1730. The minimum absolute atomic E-state index is 0.0499. The lowest BCUT2D eigenvalue weighted by atomic mass is 9.90. The number of amides is 2. The molecule has 2 amide bonds. The van der Waals surface area contributed by atoms with Crippen LogP contribution in [0.2, 0.25) is 0 Å². The van der Waals surface area contributed by atoms with Crippen LogP contribution in [-0.2, 0) is 22.4 Å². The number of nitrogens with one attached hydrogen (secondary N) is 4. The van der Waals surface area contributed by atoms with E-state index in [1.54, 1.807) is 5.51 Å². The molecule has 4 N–H and O–H groups in total. The maximum Gasteiger partial charge on any atom is 0.230 e. The fraction of sp³-hybridized carbons (Fsp3) is 0.290. The molecule has 6 aromatic rings. The molecule has 1 aliphatic carbocycles. The van der Waals surface area contributed by atoms with Gasteiger partial charge in [-0.1, -0.05) is 85.3 Å². The first-order valence-corrected chi connectivity index (χ1v) is 16.0. The van der Waals surface area contributed by atoms with E-state index in [2.05, 4.69) is 78.4 Å². The van der Waals surface area contributed by atoms with E-state index >= 15 is 0 Å². The molecule has 1 saturated carbocycles. The van der Waals surface area contributed by atoms with Gasteiger partial charge in [0.2, 0.25) is 22.6 Å². The van der Waals surface area contributed by atoms with Crippen molar-refractivity contribution in [3.05, 3.63) is 82.6 Å². The summed E-state index contributed by atoms with van der Waals surface area (Å²) in [5.41, 5.74) is 6.24. The van der Waals surface area contributed by atoms with Gasteiger partial charge in [-0.05, 0) is 42.5 Å². The Balaban J connectivity index is 0.000000159. The lowest BCUT2D eigenvalue weighted by Gasteiger charge is -2.18. The summed E-state index contributed by atoms with van der Waals surface area (Å²) < 4.78 is 0. The standard InChI is InChI=1S/C18H20N4OS.C10H11N.C3H3N3OS/c23-16(10-13-11-19-15-9-5-4-8-14(13)15)20-18-22-21-17(24-18)12-6-2-1-3-7-12;1-2-8-7-11-10-6-4-3-5-9(8)10;7-1-4-3-6-5-2-8-3/h4-5,8-9,11-12,19H,1-3,6-7,10H2,(H,20,22,23);3-7,11H,2H2,1H3;1-2H,(H,4,6,7). The molecule has 222 valence electrons. The van der Waals surface area contributed by atoms with Crippen LogP contribution in [0, 0.1) is 0 Å². The van der Waals surface area contributed by atoms with Gasteiger partial charge in [0.15, 0.2) is 0 Å². The number of benzene rings is 2. The van der Waals surface area contributed by atoms with Gasteiger partial charge in [0.05, 0.1) is 6.42 Å². The van der Waals surface area contributed by atoms with Crippen LogP contribution < -0.4 is 10.6 Å². The van der Waals surface area contributed by atoms with Gasteiger partial charge in [-0.2, -0.15) is 0 Å². The number of anilines is 2. The maximum atomic E-state index is 12.3. The van der Waals surface area contributed by atoms with Gasteiger partial charge in [0, 0.05) is 40.1 Å². The highest BCUT2D eigenvalue weighted by Crippen LogP contribution is 2.35. The van der Waals surface area contributed by atoms with Crippen molar-refractivity contribution in [1.29, 1.82) is 0 Å². The minimum atomic E-state index is -0.0499. The van der Waals surface area contributed by atoms with E-state index in [1.807, 2.05) is 30.5 Å². The molecule has 4 aromatic heterocycles. The Kier molecular flexibility index (Phi) is 10.6. The number of aryl methyl sites for hydroxylation is 1. The van der Waals surface area contributed by atoms with Crippen LogP contribution in [0.1, 0.15) is 61.1 Å². The number of para-hydroxylation sites is 2. The van der Waals surface area contributed by atoms with Crippen LogP contribution in [0.25, 0.3) is 21.8 Å². The zero-order chi connectivity index (χ0) is 29.9. The van der Waals surface area contributed by atoms with Crippen LogP contribution >= 0.6 is 22.7 Å². The number of H-pyrrole nitrogens is 2. The van der Waals surface area contributed by atoms with Gasteiger partial charge < -0.3 is 20.6 Å². The van der Waals surface area contributed by atoms with E-state index in [4.69, 9.17) is 0 Å². The molecular weight excluding hydrogens is 581 g/mol. The highest BCUT2D eigenvalue weighted by atomic mass is 32.1. The molecule has 0 spiro atoms. The Morgan fingerprint density at radius 2 is 1.58 bits per heavy atom. The third-order valence-corrected chi connectivity index (χ3v) is 8.89. The molecule has 2 aromatic carbocycles. The van der Waals surface area contributed by atoms with Gasteiger partial charge in [0.25, 0.3) is 0 Å². The van der Waals surface area contributed by atoms with Crippen molar-refractivity contribution >= 4 is 67.1 Å². The highest BCUT2D eigenvalue weighted by Gasteiger charge is 2.20. The normalized spacial score (nSPS) is 13.0. The van der Waals surface area contributed by atoms with Crippen molar-refractivity contribution < 1.29 is 9.59 Å². The number of hydrogen-bond acceptors (Lipinski definition) is 8. The summed E-state index contributed by atoms with van der Waals surface area (Å²) in [5.74, 6) is 0.474. The van der Waals surface area contributed by atoms with Gasteiger partial charge in [-0.25, -0.2) is 0 Å². The number of carbonyl (C=O) groups is 2. The number of aromatic nitrogens is 6. The van der Waals surface area contributed by atoms with Gasteiger partial charge in [0.1, 0.15) is 10.5 Å². The van der Waals surface area contributed by atoms with Crippen LogP contribution in [-0.4, -0.2) is 42.7 Å². The predicted octanol–water partition coefficient (Wildman–Crippen LogP) is 7.09. The quantitative estimate of drug-likeness (QED) is 0.142. The molecule has 0 unspecified atom stereocenters. The Morgan fingerprint density at radius 1 is 0.907 bits per heavy atom. The Hall–Kier alpha value is -4.42. The molecule has 4 heterocycles. The molecule has 1 aliphatic rings. The van der Waals surface area contributed by atoms with Crippen LogP contribution in [0.5, 0.6) is 0 Å². The lowest BCUT2D eigenvalue weighted by Crippen LogP contribution is -2.14. The summed E-state index contributed by atoms with van der Waals surface area (Å²) in [4.78, 5) is 28.5. The van der Waals surface area contributed by atoms with Crippen molar-refractivity contribution in [3.8, 4) is 0 Å². The van der Waals surface area contributed by atoms with Crippen molar-refractivity contribution in [2.45, 2.75) is 57.8 Å². The number of carbonyl (C=O) groups excluding carboxylic acids is 2. The fourth-order valence-corrected chi connectivity index (χ4v) is 6.46. The predicted molar refractivity (Wildman–Crippen MR) is 174 cm³/mol. The number of aromatic amines is 2. The number of hydrogen-bond donors (Lipinski definition) is 4. The van der Waals surface area contributed by atoms with Crippen molar-refractivity contribution in [3.63, 3.8) is 0 Å². The smallest absolute Gasteiger partial charge is 0.230 e. The molecule has 0 saturated heterocycles. The molecule has 7 rings (SSSR count). The van der Waals surface area contributed by atoms with Gasteiger partial charge in [-0.3, -0.25) is 9.59 Å². The zero-order valence-electron chi connectivity index (χ0n) is 23.9. The van der Waals surface area contributed by atoms with Gasteiger partial charge >= 0.3 is 0 Å². The van der Waals surface area contributed by atoms with E-state index in [9.17, 15) is 9.59 Å². The van der Waals surface area contributed by atoms with E-state index in [-0.39, 0.29) is 5.91 Å². The fourth-order valence-electron chi connectivity index (χ4n) is 5.12. The van der Waals surface area contributed by atoms with Crippen LogP contribution in [0.15, 0.2) is 66.4 Å². The molecule has 0 aliphatic heterocycles. The van der Waals surface area contributed by atoms with E-state index < -0.39 is 0 Å². The first-order valence-electron chi connectivity index (χ1n) is 14.3. The van der Waals surface area contributed by atoms with E-state index in [1.165, 1.54) is 71.2 Å². The number of nitrogens with zero attached hydrogens (tertiary/aromatic N) is 4. The molecular formula is C31H34N8O2S2. The summed E-state index contributed by atoms with van der Waals surface area (Å²) in [6.07, 6.45) is 12.2. The summed E-state index contributed by atoms with van der Waals surface area (Å²) in [7, 11) is 0. The summed E-state index contributed by atoms with van der Waals surface area (Å²) in [6.45, 7) is 2.18. The average Bonchev–Trinajstić information content (AvgIpc) is 3.87. The maximum absolute atomic E-state index is 12.3. The van der Waals surface area contributed by atoms with E-state index in [0.29, 0.717) is 29.0 Å². The first kappa shape index (κ1) is 30.1. The van der Waals surface area contributed by atoms with Crippen molar-refractivity contribution in [2.75, 3.05) is 10.6 Å². The van der Waals surface area contributed by atoms with Crippen molar-refractivity contribution in [2.24, 2.45) is 0 Å².